The molecule has 0 rings (SSSR count). The Labute approximate surface area is 368 Å². The van der Waals surface area contributed by atoms with Crippen LogP contribution in [0.2, 0.25) is 0 Å². The van der Waals surface area contributed by atoms with Gasteiger partial charge in [-0.2, -0.15) is 0 Å². The standard InChI is InChI=1S/C43H78N4O15/c48-24-28-60-30-29-57-26-22-45-40(51)35-62-34-32-59-27-23-46-41(52)36-61-33-31-58-25-21-44-38(49)20-19-37(43(55)56)47-39(50)17-15-13-11-9-7-5-3-1-2-4-6-8-10-12-14-16-18-42(53)54/h24,37H,1-23,25-36H2,(H,44,49)(H,45,51)(H,46,52)(H,47,50)(H,53,54)(H,55,56)/t37-/m0/s1. The highest BCUT2D eigenvalue weighted by Gasteiger charge is 2.20. The van der Waals surface area contributed by atoms with Gasteiger partial charge in [-0.25, -0.2) is 4.79 Å². The molecule has 4 amide bonds. The highest BCUT2D eigenvalue weighted by molar-refractivity contribution is 5.84. The normalized spacial score (nSPS) is 11.5. The quantitative estimate of drug-likeness (QED) is 0.0379. The van der Waals surface area contributed by atoms with E-state index in [1.54, 1.807) is 0 Å². The molecular weight excluding hydrogens is 812 g/mol. The summed E-state index contributed by atoms with van der Waals surface area (Å²) in [7, 11) is 0. The summed E-state index contributed by atoms with van der Waals surface area (Å²) in [5, 5.41) is 28.7. The van der Waals surface area contributed by atoms with E-state index in [0.717, 1.165) is 38.5 Å². The molecule has 19 nitrogen and oxygen atoms in total. The minimum atomic E-state index is -1.18. The second-order valence-corrected chi connectivity index (χ2v) is 14.8. The third-order valence-corrected chi connectivity index (χ3v) is 9.31. The molecular formula is C43H78N4O15. The largest absolute Gasteiger partial charge is 0.481 e. The fraction of sp³-hybridized carbons (Fsp3) is 0.837. The van der Waals surface area contributed by atoms with Gasteiger partial charge in [-0.05, 0) is 19.3 Å². The summed E-state index contributed by atoms with van der Waals surface area (Å²) in [6.45, 7) is 2.75. The van der Waals surface area contributed by atoms with E-state index in [4.69, 9.17) is 33.5 Å². The van der Waals surface area contributed by atoms with Gasteiger partial charge in [-0.15, -0.1) is 0 Å². The summed E-state index contributed by atoms with van der Waals surface area (Å²) in [4.78, 5) is 80.4. The van der Waals surface area contributed by atoms with E-state index in [9.17, 15) is 38.7 Å². The second kappa shape index (κ2) is 45.3. The number of unbranched alkanes of at least 4 members (excludes halogenated alkanes) is 15. The van der Waals surface area contributed by atoms with Gasteiger partial charge >= 0.3 is 11.9 Å². The first kappa shape index (κ1) is 58.2. The maximum absolute atomic E-state index is 12.3. The molecule has 0 aliphatic carbocycles. The van der Waals surface area contributed by atoms with Crippen molar-refractivity contribution in [2.45, 2.75) is 134 Å². The molecule has 1 atom stereocenters. The molecule has 0 radical (unpaired) electrons. The van der Waals surface area contributed by atoms with Crippen molar-refractivity contribution in [1.29, 1.82) is 0 Å². The minimum Gasteiger partial charge on any atom is -0.481 e. The molecule has 0 fully saturated rings. The second-order valence-electron chi connectivity index (χ2n) is 14.8. The zero-order valence-corrected chi connectivity index (χ0v) is 37.1. The van der Waals surface area contributed by atoms with Gasteiger partial charge in [0.15, 0.2) is 0 Å². The molecule has 0 aromatic heterocycles. The smallest absolute Gasteiger partial charge is 0.326 e. The van der Waals surface area contributed by atoms with Crippen LogP contribution in [0.25, 0.3) is 0 Å². The summed E-state index contributed by atoms with van der Waals surface area (Å²) in [5.74, 6) is -3.18. The number of nitrogens with one attached hydrogen (secondary N) is 4. The van der Waals surface area contributed by atoms with Crippen LogP contribution in [0.4, 0.5) is 0 Å². The molecule has 19 heteroatoms. The number of ether oxygens (including phenoxy) is 6. The maximum Gasteiger partial charge on any atom is 0.326 e. The lowest BCUT2D eigenvalue weighted by Gasteiger charge is -2.14. The van der Waals surface area contributed by atoms with Crippen LogP contribution >= 0.6 is 0 Å². The minimum absolute atomic E-state index is 0.0254. The van der Waals surface area contributed by atoms with Gasteiger partial charge in [0.25, 0.3) is 0 Å². The Hall–Kier alpha value is -3.75. The van der Waals surface area contributed by atoms with Crippen molar-refractivity contribution in [2.75, 3.05) is 98.9 Å². The molecule has 6 N–H and O–H groups in total. The predicted molar refractivity (Wildman–Crippen MR) is 230 cm³/mol. The number of amides is 4. The van der Waals surface area contributed by atoms with Crippen LogP contribution in [0.5, 0.6) is 0 Å². The lowest BCUT2D eigenvalue weighted by atomic mass is 10.0. The van der Waals surface area contributed by atoms with E-state index < -0.39 is 18.0 Å². The van der Waals surface area contributed by atoms with Crippen LogP contribution in [0.3, 0.4) is 0 Å². The van der Waals surface area contributed by atoms with Crippen LogP contribution in [-0.4, -0.2) is 157 Å². The van der Waals surface area contributed by atoms with Crippen LogP contribution < -0.4 is 21.3 Å². The van der Waals surface area contributed by atoms with Gasteiger partial charge < -0.3 is 64.7 Å². The summed E-state index contributed by atoms with van der Waals surface area (Å²) in [6, 6.07) is -1.14. The van der Waals surface area contributed by atoms with Crippen LogP contribution in [0.1, 0.15) is 128 Å². The molecule has 0 unspecified atom stereocenters. The molecule has 0 heterocycles. The SMILES string of the molecule is O=CCOCCOCCNC(=O)COCCOCCNC(=O)COCCOCCNC(=O)CC[C@H](NC(=O)CCCCCCCCCCCCCCCCCCC(=O)O)C(=O)O. The lowest BCUT2D eigenvalue weighted by molar-refractivity contribution is -0.142. The lowest BCUT2D eigenvalue weighted by Crippen LogP contribution is -2.41. The number of carboxylic acid groups (broad SMARTS) is 2. The summed E-state index contributed by atoms with van der Waals surface area (Å²) < 4.78 is 31.4. The van der Waals surface area contributed by atoms with Gasteiger partial charge in [-0.1, -0.05) is 89.9 Å². The first-order valence-electron chi connectivity index (χ1n) is 22.6. The molecule has 0 saturated carbocycles. The molecule has 0 aliphatic rings. The average Bonchev–Trinajstić information content (AvgIpc) is 3.24. The fourth-order valence-electron chi connectivity index (χ4n) is 5.94. The molecule has 62 heavy (non-hydrogen) atoms. The van der Waals surface area contributed by atoms with Crippen molar-refractivity contribution in [2.24, 2.45) is 0 Å². The van der Waals surface area contributed by atoms with Crippen molar-refractivity contribution in [3.63, 3.8) is 0 Å². The van der Waals surface area contributed by atoms with Crippen LogP contribution in [0.15, 0.2) is 0 Å². The number of rotatable bonds is 48. The fourth-order valence-corrected chi connectivity index (χ4v) is 5.94. The summed E-state index contributed by atoms with van der Waals surface area (Å²) >= 11 is 0. The van der Waals surface area contributed by atoms with Crippen LogP contribution in [0, 0.1) is 0 Å². The maximum atomic E-state index is 12.3. The highest BCUT2D eigenvalue weighted by atomic mass is 16.5. The van der Waals surface area contributed by atoms with Crippen molar-refractivity contribution in [3.05, 3.63) is 0 Å². The third-order valence-electron chi connectivity index (χ3n) is 9.31. The Morgan fingerprint density at radius 2 is 0.790 bits per heavy atom. The summed E-state index contributed by atoms with van der Waals surface area (Å²) in [5.41, 5.74) is 0. The molecule has 0 aromatic carbocycles. The Morgan fingerprint density at radius 3 is 1.19 bits per heavy atom. The average molecular weight is 891 g/mol. The Bertz CT molecular complexity index is 1160. The van der Waals surface area contributed by atoms with Crippen molar-refractivity contribution in [3.8, 4) is 0 Å². The van der Waals surface area contributed by atoms with Gasteiger partial charge in [0.2, 0.25) is 23.6 Å². The number of aliphatic carboxylic acids is 2. The Kier molecular flexibility index (Phi) is 42.5. The molecule has 0 bridgehead atoms. The molecule has 0 aliphatic heterocycles. The molecule has 0 spiro atoms. The van der Waals surface area contributed by atoms with E-state index in [2.05, 4.69) is 21.3 Å². The van der Waals surface area contributed by atoms with E-state index in [-0.39, 0.29) is 122 Å². The first-order valence-corrected chi connectivity index (χ1v) is 22.6. The third kappa shape index (κ3) is 44.3. The van der Waals surface area contributed by atoms with Gasteiger partial charge in [0.05, 0.1) is 59.5 Å². The number of carbonyl (C=O) groups is 7. The van der Waals surface area contributed by atoms with E-state index in [1.165, 1.54) is 57.8 Å². The van der Waals surface area contributed by atoms with E-state index in [1.807, 2.05) is 0 Å². The number of carboxylic acids is 2. The highest BCUT2D eigenvalue weighted by Crippen LogP contribution is 2.14. The molecule has 0 saturated heterocycles. The van der Waals surface area contributed by atoms with Gasteiger partial charge in [0.1, 0.15) is 32.1 Å². The zero-order valence-electron chi connectivity index (χ0n) is 37.1. The zero-order chi connectivity index (χ0) is 45.6. The van der Waals surface area contributed by atoms with Crippen molar-refractivity contribution < 1.29 is 72.2 Å². The molecule has 360 valence electrons. The topological polar surface area (TPSA) is 263 Å². The number of hydrogen-bond donors (Lipinski definition) is 6. The van der Waals surface area contributed by atoms with Crippen molar-refractivity contribution in [1.82, 2.24) is 21.3 Å². The van der Waals surface area contributed by atoms with E-state index >= 15 is 0 Å². The number of carbonyl (C=O) groups excluding carboxylic acids is 5. The first-order chi connectivity index (χ1) is 30.1. The monoisotopic (exact) mass is 891 g/mol. The van der Waals surface area contributed by atoms with Gasteiger partial charge in [-0.3, -0.25) is 24.0 Å². The molecule has 0 aromatic rings. The number of hydrogen-bond acceptors (Lipinski definition) is 13. The van der Waals surface area contributed by atoms with Crippen LogP contribution in [-0.2, 0) is 62.0 Å². The predicted octanol–water partition coefficient (Wildman–Crippen LogP) is 3.09. The Morgan fingerprint density at radius 1 is 0.419 bits per heavy atom. The van der Waals surface area contributed by atoms with Crippen molar-refractivity contribution >= 4 is 41.9 Å². The number of aldehydes is 1. The van der Waals surface area contributed by atoms with Gasteiger partial charge in [0, 0.05) is 38.9 Å². The summed E-state index contributed by atoms with van der Waals surface area (Å²) in [6.07, 6.45) is 18.9. The van der Waals surface area contributed by atoms with E-state index in [0.29, 0.717) is 39.1 Å². The Balaban J connectivity index is 3.61.